The molecule has 2 fully saturated rings. The second-order valence-corrected chi connectivity index (χ2v) is 11.4. The van der Waals surface area contributed by atoms with Crippen molar-refractivity contribution in [3.05, 3.63) is 93.6 Å². The Morgan fingerprint density at radius 2 is 0.667 bits per heavy atom. The van der Waals surface area contributed by atoms with Gasteiger partial charge in [-0.2, -0.15) is 8.78 Å². The maximum Gasteiger partial charge on any atom is 0.200 e. The van der Waals surface area contributed by atoms with Crippen molar-refractivity contribution in [2.45, 2.75) is 88.9 Å². The number of hydrogen-bond donors (Lipinski definition) is 0. The molecule has 0 spiro atoms. The fourth-order valence-electron chi connectivity index (χ4n) is 6.90. The van der Waals surface area contributed by atoms with E-state index in [1.54, 1.807) is 38.1 Å². The van der Waals surface area contributed by atoms with Crippen molar-refractivity contribution in [3.63, 3.8) is 0 Å². The second-order valence-electron chi connectivity index (χ2n) is 11.4. The van der Waals surface area contributed by atoms with Gasteiger partial charge in [0.05, 0.1) is 13.2 Å². The minimum atomic E-state index is -0.994. The van der Waals surface area contributed by atoms with Gasteiger partial charge < -0.3 is 9.47 Å². The van der Waals surface area contributed by atoms with Crippen LogP contribution in [0.5, 0.6) is 11.5 Å². The van der Waals surface area contributed by atoms with E-state index in [2.05, 4.69) is 0 Å². The molecular weight excluding hydrogens is 554 g/mol. The van der Waals surface area contributed by atoms with Crippen molar-refractivity contribution in [1.82, 2.24) is 0 Å². The lowest BCUT2D eigenvalue weighted by atomic mass is 9.74. The van der Waals surface area contributed by atoms with Crippen molar-refractivity contribution in [2.75, 3.05) is 13.2 Å². The number of ether oxygens (including phenoxy) is 2. The third-order valence-electron chi connectivity index (χ3n) is 9.11. The number of halogens is 6. The summed E-state index contributed by atoms with van der Waals surface area (Å²) < 4.78 is 99.3. The van der Waals surface area contributed by atoms with E-state index >= 15 is 8.78 Å². The molecular formula is C34H36F6O2. The van der Waals surface area contributed by atoms with Crippen LogP contribution in [-0.2, 0) is 0 Å². The Morgan fingerprint density at radius 3 is 0.929 bits per heavy atom. The highest BCUT2D eigenvalue weighted by Gasteiger charge is 2.32. The Kier molecular flexibility index (Phi) is 9.38. The van der Waals surface area contributed by atoms with Crippen LogP contribution in [0.4, 0.5) is 26.3 Å². The predicted octanol–water partition coefficient (Wildman–Crippen LogP) is 10.2. The molecule has 0 amide bonds. The molecule has 3 aromatic carbocycles. The molecule has 0 N–H and O–H groups in total. The smallest absolute Gasteiger partial charge is 0.200 e. The molecule has 0 heterocycles. The molecule has 2 aliphatic rings. The van der Waals surface area contributed by atoms with Crippen molar-refractivity contribution in [3.8, 4) is 11.5 Å². The number of hydrogen-bond acceptors (Lipinski definition) is 2. The summed E-state index contributed by atoms with van der Waals surface area (Å²) in [7, 11) is 0. The zero-order chi connectivity index (χ0) is 30.0. The fourth-order valence-corrected chi connectivity index (χ4v) is 6.90. The Hall–Kier alpha value is -3.16. The third kappa shape index (κ3) is 5.86. The molecule has 2 aliphatic carbocycles. The van der Waals surface area contributed by atoms with Gasteiger partial charge in [-0.05, 0) is 123 Å². The summed E-state index contributed by atoms with van der Waals surface area (Å²) in [5.74, 6) is -6.57. The standard InChI is InChI=1S/C34H36F6O2/c1-3-41-27-17-15-25(31(37)33(27)39)21-9-5-19(6-10-21)23-13-14-24(30(36)29(23)35)20-7-11-22(12-8-20)26-16-18-28(42-4-2)34(40)32(26)38/h13-22H,3-12H2,1-2H3. The zero-order valence-corrected chi connectivity index (χ0v) is 23.9. The molecule has 0 radical (unpaired) electrons. The lowest BCUT2D eigenvalue weighted by Gasteiger charge is -2.31. The maximum atomic E-state index is 15.4. The molecule has 226 valence electrons. The molecule has 8 heteroatoms. The van der Waals surface area contributed by atoms with Crippen molar-refractivity contribution < 1.29 is 35.8 Å². The lowest BCUT2D eigenvalue weighted by molar-refractivity contribution is 0.310. The van der Waals surface area contributed by atoms with Gasteiger partial charge in [0.1, 0.15) is 0 Å². The van der Waals surface area contributed by atoms with Gasteiger partial charge in [0, 0.05) is 0 Å². The van der Waals surface area contributed by atoms with Gasteiger partial charge in [0.15, 0.2) is 34.8 Å². The summed E-state index contributed by atoms with van der Waals surface area (Å²) in [5.41, 5.74) is 1.21. The van der Waals surface area contributed by atoms with E-state index in [-0.39, 0.29) is 48.4 Å². The maximum absolute atomic E-state index is 15.4. The molecule has 2 saturated carbocycles. The largest absolute Gasteiger partial charge is 0.491 e. The summed E-state index contributed by atoms with van der Waals surface area (Å²) in [6.45, 7) is 3.85. The van der Waals surface area contributed by atoms with E-state index in [1.807, 2.05) is 0 Å². The second kappa shape index (κ2) is 13.0. The van der Waals surface area contributed by atoms with Gasteiger partial charge in [-0.3, -0.25) is 0 Å². The summed E-state index contributed by atoms with van der Waals surface area (Å²) in [5, 5.41) is 0. The normalized spacial score (nSPS) is 22.7. The molecule has 5 rings (SSSR count). The topological polar surface area (TPSA) is 18.5 Å². The molecule has 3 aromatic rings. The quantitative estimate of drug-likeness (QED) is 0.243. The van der Waals surface area contributed by atoms with Crippen LogP contribution in [0.1, 0.15) is 111 Å². The first-order chi connectivity index (χ1) is 20.2. The SMILES string of the molecule is CCOc1ccc(C2CCC(c3ccc(C4CCC(c5ccc(OCC)c(F)c5F)CC4)c(F)c3F)CC2)c(F)c1F. The van der Waals surface area contributed by atoms with Crippen molar-refractivity contribution >= 4 is 0 Å². The highest BCUT2D eigenvalue weighted by molar-refractivity contribution is 5.36. The first-order valence-corrected chi connectivity index (χ1v) is 14.9. The molecule has 0 bridgehead atoms. The van der Waals surface area contributed by atoms with Crippen molar-refractivity contribution in [1.29, 1.82) is 0 Å². The first-order valence-electron chi connectivity index (χ1n) is 14.9. The minimum Gasteiger partial charge on any atom is -0.491 e. The van der Waals surface area contributed by atoms with Crippen LogP contribution < -0.4 is 9.47 Å². The van der Waals surface area contributed by atoms with Gasteiger partial charge in [-0.25, -0.2) is 17.6 Å². The molecule has 0 atom stereocenters. The fraction of sp³-hybridized carbons (Fsp3) is 0.471. The van der Waals surface area contributed by atoms with Crippen LogP contribution in [0.25, 0.3) is 0 Å². The van der Waals surface area contributed by atoms with Gasteiger partial charge >= 0.3 is 0 Å². The molecule has 0 aromatic heterocycles. The van der Waals surface area contributed by atoms with Gasteiger partial charge in [-0.1, -0.05) is 24.3 Å². The van der Waals surface area contributed by atoms with E-state index in [1.165, 1.54) is 12.1 Å². The molecule has 0 saturated heterocycles. The van der Waals surface area contributed by atoms with Crippen LogP contribution in [0, 0.1) is 34.9 Å². The lowest BCUT2D eigenvalue weighted by Crippen LogP contribution is -2.17. The highest BCUT2D eigenvalue weighted by Crippen LogP contribution is 2.46. The Balaban J connectivity index is 1.23. The van der Waals surface area contributed by atoms with Gasteiger partial charge in [0.25, 0.3) is 0 Å². The van der Waals surface area contributed by atoms with Gasteiger partial charge in [-0.15, -0.1) is 0 Å². The minimum absolute atomic E-state index is 0.115. The Bertz CT molecular complexity index is 1300. The summed E-state index contributed by atoms with van der Waals surface area (Å²) >= 11 is 0. The van der Waals surface area contributed by atoms with Crippen LogP contribution >= 0.6 is 0 Å². The van der Waals surface area contributed by atoms with Crippen LogP contribution in [0.15, 0.2) is 36.4 Å². The van der Waals surface area contributed by atoms with Gasteiger partial charge in [0.2, 0.25) is 11.6 Å². The Morgan fingerprint density at radius 1 is 0.429 bits per heavy atom. The molecule has 0 aliphatic heterocycles. The van der Waals surface area contributed by atoms with Crippen LogP contribution in [0.3, 0.4) is 0 Å². The molecule has 42 heavy (non-hydrogen) atoms. The average molecular weight is 591 g/mol. The third-order valence-corrected chi connectivity index (χ3v) is 9.11. The van der Waals surface area contributed by atoms with E-state index in [9.17, 15) is 17.6 Å². The van der Waals surface area contributed by atoms with Crippen LogP contribution in [0.2, 0.25) is 0 Å². The Labute approximate surface area is 243 Å². The van der Waals surface area contributed by atoms with Crippen LogP contribution in [-0.4, -0.2) is 13.2 Å². The summed E-state index contributed by atoms with van der Waals surface area (Å²) in [6.07, 6.45) is 4.26. The van der Waals surface area contributed by atoms with E-state index in [0.717, 1.165) is 0 Å². The molecule has 2 nitrogen and oxygen atoms in total. The van der Waals surface area contributed by atoms with E-state index in [0.29, 0.717) is 73.6 Å². The van der Waals surface area contributed by atoms with Crippen molar-refractivity contribution in [2.24, 2.45) is 0 Å². The highest BCUT2D eigenvalue weighted by atomic mass is 19.2. The summed E-state index contributed by atoms with van der Waals surface area (Å²) in [4.78, 5) is 0. The van der Waals surface area contributed by atoms with E-state index < -0.39 is 34.9 Å². The molecule has 0 unspecified atom stereocenters. The average Bonchev–Trinajstić information content (AvgIpc) is 3.00. The van der Waals surface area contributed by atoms with E-state index in [4.69, 9.17) is 9.47 Å². The zero-order valence-electron chi connectivity index (χ0n) is 23.9. The monoisotopic (exact) mass is 590 g/mol. The number of rotatable bonds is 8. The first kappa shape index (κ1) is 30.3. The summed E-state index contributed by atoms with van der Waals surface area (Å²) in [6, 6.07) is 9.31. The number of benzene rings is 3. The predicted molar refractivity (Wildman–Crippen MR) is 149 cm³/mol.